The molecule has 1 fully saturated rings. The van der Waals surface area contributed by atoms with E-state index in [4.69, 9.17) is 0 Å². The Kier molecular flexibility index (Phi) is 6.86. The molecule has 3 aromatic rings. The van der Waals surface area contributed by atoms with E-state index in [-0.39, 0.29) is 11.8 Å². The van der Waals surface area contributed by atoms with Gasteiger partial charge in [0.25, 0.3) is 0 Å². The second kappa shape index (κ2) is 9.95. The van der Waals surface area contributed by atoms with E-state index in [0.717, 1.165) is 38.3 Å². The van der Waals surface area contributed by atoms with E-state index in [9.17, 15) is 4.79 Å². The number of hydrogen-bond acceptors (Lipinski definition) is 2. The first-order chi connectivity index (χ1) is 15.1. The quantitative estimate of drug-likeness (QED) is 0.513. The van der Waals surface area contributed by atoms with Gasteiger partial charge in [0.1, 0.15) is 5.82 Å². The number of carbonyl (C=O) groups excluding carboxylic acids is 1. The molecule has 0 saturated carbocycles. The minimum atomic E-state index is 0.104. The molecule has 0 N–H and O–H groups in total. The van der Waals surface area contributed by atoms with E-state index in [1.807, 2.05) is 18.3 Å². The first-order valence-electron chi connectivity index (χ1n) is 11.5. The van der Waals surface area contributed by atoms with Gasteiger partial charge in [-0.2, -0.15) is 0 Å². The van der Waals surface area contributed by atoms with Gasteiger partial charge < -0.3 is 9.47 Å². The maximum atomic E-state index is 13.2. The lowest BCUT2D eigenvalue weighted by Gasteiger charge is -2.33. The highest BCUT2D eigenvalue weighted by molar-refractivity contribution is 5.78. The minimum Gasteiger partial charge on any atom is -0.343 e. The van der Waals surface area contributed by atoms with Crippen LogP contribution in [0.4, 0.5) is 0 Å². The zero-order valence-electron chi connectivity index (χ0n) is 18.7. The van der Waals surface area contributed by atoms with Gasteiger partial charge in [-0.05, 0) is 29.9 Å². The van der Waals surface area contributed by atoms with Crippen LogP contribution in [-0.2, 0) is 11.3 Å². The summed E-state index contributed by atoms with van der Waals surface area (Å²) in [5.74, 6) is 2.57. The van der Waals surface area contributed by atoms with E-state index in [2.05, 4.69) is 83.0 Å². The van der Waals surface area contributed by atoms with Gasteiger partial charge in [-0.1, -0.05) is 74.5 Å². The number of aromatic nitrogens is 2. The molecule has 2 aromatic carbocycles. The fourth-order valence-electron chi connectivity index (χ4n) is 4.72. The summed E-state index contributed by atoms with van der Waals surface area (Å²) in [5, 5.41) is 0. The number of amides is 1. The van der Waals surface area contributed by atoms with Gasteiger partial charge in [0.2, 0.25) is 5.91 Å². The van der Waals surface area contributed by atoms with Crippen LogP contribution in [0.1, 0.15) is 61.9 Å². The summed E-state index contributed by atoms with van der Waals surface area (Å²) in [6, 6.07) is 20.8. The van der Waals surface area contributed by atoms with Crippen molar-refractivity contribution in [1.82, 2.24) is 14.5 Å². The Balaban J connectivity index is 1.38. The van der Waals surface area contributed by atoms with Crippen LogP contribution in [0.25, 0.3) is 0 Å². The van der Waals surface area contributed by atoms with Gasteiger partial charge in [-0.3, -0.25) is 4.79 Å². The second-order valence-corrected chi connectivity index (χ2v) is 8.99. The molecule has 0 spiro atoms. The van der Waals surface area contributed by atoms with E-state index in [1.54, 1.807) is 0 Å². The number of piperidine rings is 1. The molecular weight excluding hydrogens is 382 g/mol. The number of hydrogen-bond donors (Lipinski definition) is 0. The lowest BCUT2D eigenvalue weighted by atomic mass is 9.87. The van der Waals surface area contributed by atoms with E-state index < -0.39 is 0 Å². The molecule has 0 bridgehead atoms. The Bertz CT molecular complexity index is 917. The first kappa shape index (κ1) is 21.4. The van der Waals surface area contributed by atoms with Crippen molar-refractivity contribution in [3.05, 3.63) is 90.0 Å². The Labute approximate surface area is 185 Å². The first-order valence-corrected chi connectivity index (χ1v) is 11.5. The number of imidazole rings is 1. The summed E-state index contributed by atoms with van der Waals surface area (Å²) >= 11 is 0. The zero-order chi connectivity index (χ0) is 21.6. The maximum absolute atomic E-state index is 13.2. The molecule has 0 radical (unpaired) electrons. The zero-order valence-corrected chi connectivity index (χ0v) is 18.7. The molecular formula is C27H33N3O. The number of rotatable bonds is 7. The Hall–Kier alpha value is -2.88. The average molecular weight is 416 g/mol. The van der Waals surface area contributed by atoms with Crippen molar-refractivity contribution in [1.29, 1.82) is 0 Å². The van der Waals surface area contributed by atoms with Gasteiger partial charge in [0.15, 0.2) is 0 Å². The van der Waals surface area contributed by atoms with Gasteiger partial charge in [0.05, 0.1) is 0 Å². The molecule has 4 heteroatoms. The van der Waals surface area contributed by atoms with Crippen molar-refractivity contribution in [3.63, 3.8) is 0 Å². The highest BCUT2D eigenvalue weighted by atomic mass is 16.2. The standard InChI is InChI=1S/C27H33N3O/c1-21(2)27-28-15-18-30(27)20-22-13-16-29(17-14-22)26(31)19-25(23-9-5-3-6-10-23)24-11-7-4-8-12-24/h3-12,15,18,21-22,25H,13-14,16-17,19-20H2,1-2H3. The molecule has 2 heterocycles. The molecule has 1 aromatic heterocycles. The summed E-state index contributed by atoms with van der Waals surface area (Å²) in [4.78, 5) is 19.8. The highest BCUT2D eigenvalue weighted by Crippen LogP contribution is 2.30. The van der Waals surface area contributed by atoms with Crippen molar-refractivity contribution in [3.8, 4) is 0 Å². The molecule has 0 aliphatic carbocycles. The van der Waals surface area contributed by atoms with Gasteiger partial charge in [-0.15, -0.1) is 0 Å². The van der Waals surface area contributed by atoms with Gasteiger partial charge in [-0.25, -0.2) is 4.98 Å². The van der Waals surface area contributed by atoms with Crippen LogP contribution in [0, 0.1) is 5.92 Å². The van der Waals surface area contributed by atoms with Crippen molar-refractivity contribution in [2.45, 2.75) is 51.5 Å². The predicted molar refractivity (Wildman–Crippen MR) is 125 cm³/mol. The lowest BCUT2D eigenvalue weighted by Crippen LogP contribution is -2.40. The summed E-state index contributed by atoms with van der Waals surface area (Å²) in [6.45, 7) is 7.09. The number of nitrogens with zero attached hydrogens (tertiary/aromatic N) is 3. The van der Waals surface area contributed by atoms with Crippen LogP contribution in [-0.4, -0.2) is 33.4 Å². The lowest BCUT2D eigenvalue weighted by molar-refractivity contribution is -0.132. The molecule has 1 amide bonds. The molecule has 4 nitrogen and oxygen atoms in total. The van der Waals surface area contributed by atoms with Crippen LogP contribution in [0.3, 0.4) is 0 Å². The van der Waals surface area contributed by atoms with Gasteiger partial charge >= 0.3 is 0 Å². The number of benzene rings is 2. The van der Waals surface area contributed by atoms with E-state index in [1.165, 1.54) is 11.1 Å². The molecule has 0 atom stereocenters. The molecule has 31 heavy (non-hydrogen) atoms. The average Bonchev–Trinajstić information content (AvgIpc) is 3.27. The van der Waals surface area contributed by atoms with Crippen LogP contribution in [0.2, 0.25) is 0 Å². The summed E-state index contributed by atoms with van der Waals surface area (Å²) < 4.78 is 2.30. The normalized spacial score (nSPS) is 15.0. The summed E-state index contributed by atoms with van der Waals surface area (Å²) in [6.07, 6.45) is 6.64. The van der Waals surface area contributed by atoms with Crippen molar-refractivity contribution in [2.75, 3.05) is 13.1 Å². The van der Waals surface area contributed by atoms with Crippen molar-refractivity contribution < 1.29 is 4.79 Å². The largest absolute Gasteiger partial charge is 0.343 e. The van der Waals surface area contributed by atoms with Crippen molar-refractivity contribution >= 4 is 5.91 Å². The Morgan fingerprint density at radius 3 is 2.10 bits per heavy atom. The van der Waals surface area contributed by atoms with Crippen LogP contribution in [0.5, 0.6) is 0 Å². The Morgan fingerprint density at radius 1 is 0.968 bits per heavy atom. The van der Waals surface area contributed by atoms with Crippen LogP contribution < -0.4 is 0 Å². The molecule has 1 saturated heterocycles. The fraction of sp³-hybridized carbons (Fsp3) is 0.407. The summed E-state index contributed by atoms with van der Waals surface area (Å²) in [5.41, 5.74) is 2.41. The molecule has 1 aliphatic rings. The number of carbonyl (C=O) groups is 1. The van der Waals surface area contributed by atoms with Gasteiger partial charge in [0, 0.05) is 50.3 Å². The van der Waals surface area contributed by atoms with E-state index >= 15 is 0 Å². The SMILES string of the molecule is CC(C)c1nccn1CC1CCN(C(=O)CC(c2ccccc2)c2ccccc2)CC1. The number of likely N-dealkylation sites (tertiary alicyclic amines) is 1. The third-order valence-corrected chi connectivity index (χ3v) is 6.47. The Morgan fingerprint density at radius 2 is 1.55 bits per heavy atom. The third kappa shape index (κ3) is 5.25. The van der Waals surface area contributed by atoms with E-state index in [0.29, 0.717) is 18.3 Å². The van der Waals surface area contributed by atoms with Crippen LogP contribution in [0.15, 0.2) is 73.1 Å². The maximum Gasteiger partial charge on any atom is 0.223 e. The third-order valence-electron chi connectivity index (χ3n) is 6.47. The topological polar surface area (TPSA) is 38.1 Å². The predicted octanol–water partition coefficient (Wildman–Crippen LogP) is 5.47. The highest BCUT2D eigenvalue weighted by Gasteiger charge is 2.26. The van der Waals surface area contributed by atoms with Crippen molar-refractivity contribution in [2.24, 2.45) is 5.92 Å². The van der Waals surface area contributed by atoms with Crippen LogP contribution >= 0.6 is 0 Å². The monoisotopic (exact) mass is 415 g/mol. The minimum absolute atomic E-state index is 0.104. The second-order valence-electron chi connectivity index (χ2n) is 8.99. The fourth-order valence-corrected chi connectivity index (χ4v) is 4.72. The summed E-state index contributed by atoms with van der Waals surface area (Å²) in [7, 11) is 0. The molecule has 162 valence electrons. The molecule has 0 unspecified atom stereocenters. The molecule has 1 aliphatic heterocycles. The smallest absolute Gasteiger partial charge is 0.223 e. The molecule has 4 rings (SSSR count).